The fourth-order valence-corrected chi connectivity index (χ4v) is 3.53. The van der Waals surface area contributed by atoms with Crippen LogP contribution in [0.2, 0.25) is 0 Å². The zero-order chi connectivity index (χ0) is 14.7. The summed E-state index contributed by atoms with van der Waals surface area (Å²) in [6.07, 6.45) is 3.64. The van der Waals surface area contributed by atoms with Gasteiger partial charge in [-0.2, -0.15) is 0 Å². The maximum Gasteiger partial charge on any atom is 0.323 e. The second kappa shape index (κ2) is 6.29. The lowest BCUT2D eigenvalue weighted by Crippen LogP contribution is -2.48. The smallest absolute Gasteiger partial charge is 0.323 e. The minimum absolute atomic E-state index is 0.0857. The monoisotopic (exact) mass is 275 g/mol. The van der Waals surface area contributed by atoms with E-state index in [0.717, 1.165) is 5.69 Å². The molecule has 0 radical (unpaired) electrons. The van der Waals surface area contributed by atoms with E-state index in [4.69, 9.17) is 0 Å². The highest BCUT2D eigenvalue weighted by molar-refractivity contribution is 5.74. The predicted molar refractivity (Wildman–Crippen MR) is 82.1 cm³/mol. The first-order chi connectivity index (χ1) is 9.49. The molecule has 0 bridgehead atoms. The van der Waals surface area contributed by atoms with Gasteiger partial charge in [-0.15, -0.1) is 0 Å². The van der Waals surface area contributed by atoms with E-state index in [1.54, 1.807) is 0 Å². The molecule has 1 aliphatic rings. The van der Waals surface area contributed by atoms with Crippen LogP contribution in [-0.2, 0) is 4.79 Å². The van der Waals surface area contributed by atoms with E-state index in [1.807, 2.05) is 12.1 Å². The first kappa shape index (κ1) is 14.9. The Hall–Kier alpha value is -1.51. The van der Waals surface area contributed by atoms with Crippen molar-refractivity contribution in [3.05, 3.63) is 29.8 Å². The Kier molecular flexibility index (Phi) is 4.69. The normalized spacial score (nSPS) is 26.2. The average molecular weight is 275 g/mol. The third-order valence-corrected chi connectivity index (χ3v) is 4.52. The third-order valence-electron chi connectivity index (χ3n) is 4.52. The number of hydrogen-bond acceptors (Lipinski definition) is 2. The number of carboxylic acid groups (broad SMARTS) is 1. The van der Waals surface area contributed by atoms with E-state index in [-0.39, 0.29) is 6.54 Å². The van der Waals surface area contributed by atoms with Crippen molar-refractivity contribution in [1.82, 2.24) is 0 Å². The molecule has 0 heterocycles. The summed E-state index contributed by atoms with van der Waals surface area (Å²) in [4.78, 5) is 13.4. The van der Waals surface area contributed by atoms with Crippen LogP contribution in [0.1, 0.15) is 38.7 Å². The number of aliphatic carboxylic acids is 1. The maximum atomic E-state index is 11.3. The maximum absolute atomic E-state index is 11.3. The molecule has 20 heavy (non-hydrogen) atoms. The molecular weight excluding hydrogens is 250 g/mol. The van der Waals surface area contributed by atoms with Crippen molar-refractivity contribution in [1.29, 1.82) is 0 Å². The Morgan fingerprint density at radius 1 is 1.20 bits per heavy atom. The first-order valence-corrected chi connectivity index (χ1v) is 7.54. The molecule has 0 spiro atoms. The second-order valence-corrected chi connectivity index (χ2v) is 6.23. The summed E-state index contributed by atoms with van der Waals surface area (Å²) in [5.41, 5.74) is 2.23. The number of benzene rings is 1. The number of hydrogen-bond donors (Lipinski definition) is 1. The highest BCUT2D eigenvalue weighted by atomic mass is 16.4. The molecule has 3 heteroatoms. The highest BCUT2D eigenvalue weighted by Crippen LogP contribution is 2.35. The molecule has 3 nitrogen and oxygen atoms in total. The standard InChI is InChI=1S/C17H25NO2/c1-12-7-9-15(10-8-12)18(11-16(19)20)17-13(2)5-4-6-14(17)3/h7-10,13-14,17H,4-6,11H2,1-3H3,(H,19,20). The third kappa shape index (κ3) is 3.33. The Labute approximate surface area is 121 Å². The van der Waals surface area contributed by atoms with Crippen molar-refractivity contribution in [2.45, 2.75) is 46.1 Å². The molecule has 1 N–H and O–H groups in total. The Morgan fingerprint density at radius 3 is 2.25 bits per heavy atom. The quantitative estimate of drug-likeness (QED) is 0.910. The molecule has 2 atom stereocenters. The van der Waals surface area contributed by atoms with Crippen LogP contribution in [0, 0.1) is 18.8 Å². The van der Waals surface area contributed by atoms with Crippen LogP contribution >= 0.6 is 0 Å². The van der Waals surface area contributed by atoms with E-state index in [1.165, 1.54) is 24.8 Å². The molecule has 1 fully saturated rings. The van der Waals surface area contributed by atoms with Crippen molar-refractivity contribution in [2.24, 2.45) is 11.8 Å². The zero-order valence-electron chi connectivity index (χ0n) is 12.7. The van der Waals surface area contributed by atoms with Crippen LogP contribution in [0.25, 0.3) is 0 Å². The lowest BCUT2D eigenvalue weighted by molar-refractivity contribution is -0.135. The van der Waals surface area contributed by atoms with Gasteiger partial charge in [-0.25, -0.2) is 0 Å². The summed E-state index contributed by atoms with van der Waals surface area (Å²) < 4.78 is 0. The lowest BCUT2D eigenvalue weighted by Gasteiger charge is -2.43. The molecule has 1 saturated carbocycles. The molecule has 2 unspecified atom stereocenters. The van der Waals surface area contributed by atoms with E-state index < -0.39 is 5.97 Å². The summed E-state index contributed by atoms with van der Waals surface area (Å²) >= 11 is 0. The van der Waals surface area contributed by atoms with Gasteiger partial charge in [-0.05, 0) is 43.7 Å². The number of anilines is 1. The minimum Gasteiger partial charge on any atom is -0.480 e. The number of aryl methyl sites for hydroxylation is 1. The summed E-state index contributed by atoms with van der Waals surface area (Å²) in [6, 6.07) is 8.53. The van der Waals surface area contributed by atoms with Crippen LogP contribution in [-0.4, -0.2) is 23.7 Å². The van der Waals surface area contributed by atoms with Gasteiger partial charge >= 0.3 is 5.97 Å². The van der Waals surface area contributed by atoms with Crippen LogP contribution in [0.5, 0.6) is 0 Å². The average Bonchev–Trinajstić information content (AvgIpc) is 2.38. The molecule has 0 aromatic heterocycles. The topological polar surface area (TPSA) is 40.5 Å². The number of carbonyl (C=O) groups is 1. The van der Waals surface area contributed by atoms with Gasteiger partial charge in [0.15, 0.2) is 0 Å². The van der Waals surface area contributed by atoms with Gasteiger partial charge in [0.1, 0.15) is 6.54 Å². The lowest BCUT2D eigenvalue weighted by atomic mass is 9.77. The van der Waals surface area contributed by atoms with Crippen molar-refractivity contribution in [3.8, 4) is 0 Å². The van der Waals surface area contributed by atoms with E-state index in [9.17, 15) is 9.90 Å². The van der Waals surface area contributed by atoms with Crippen LogP contribution in [0.15, 0.2) is 24.3 Å². The zero-order valence-corrected chi connectivity index (χ0v) is 12.7. The second-order valence-electron chi connectivity index (χ2n) is 6.23. The van der Waals surface area contributed by atoms with Gasteiger partial charge in [0.05, 0.1) is 0 Å². The van der Waals surface area contributed by atoms with Crippen molar-refractivity contribution >= 4 is 11.7 Å². The molecule has 110 valence electrons. The van der Waals surface area contributed by atoms with Crippen LogP contribution in [0.3, 0.4) is 0 Å². The fourth-order valence-electron chi connectivity index (χ4n) is 3.53. The summed E-state index contributed by atoms with van der Waals surface area (Å²) in [5.74, 6) is 0.328. The van der Waals surface area contributed by atoms with E-state index in [2.05, 4.69) is 37.8 Å². The van der Waals surface area contributed by atoms with Crippen LogP contribution in [0.4, 0.5) is 5.69 Å². The van der Waals surface area contributed by atoms with E-state index in [0.29, 0.717) is 17.9 Å². The van der Waals surface area contributed by atoms with Gasteiger partial charge in [-0.3, -0.25) is 4.79 Å². The minimum atomic E-state index is -0.754. The van der Waals surface area contributed by atoms with Crippen molar-refractivity contribution in [3.63, 3.8) is 0 Å². The molecule has 0 saturated heterocycles. The number of rotatable bonds is 4. The number of carboxylic acids is 1. The molecular formula is C17H25NO2. The van der Waals surface area contributed by atoms with Gasteiger partial charge in [0.2, 0.25) is 0 Å². The van der Waals surface area contributed by atoms with Crippen molar-refractivity contribution < 1.29 is 9.90 Å². The Balaban J connectivity index is 2.30. The highest BCUT2D eigenvalue weighted by Gasteiger charge is 2.33. The van der Waals surface area contributed by atoms with Gasteiger partial charge in [0, 0.05) is 11.7 Å². The van der Waals surface area contributed by atoms with Crippen LogP contribution < -0.4 is 4.90 Å². The molecule has 2 rings (SSSR count). The van der Waals surface area contributed by atoms with Crippen molar-refractivity contribution in [2.75, 3.05) is 11.4 Å². The molecule has 1 aliphatic carbocycles. The Bertz CT molecular complexity index is 445. The first-order valence-electron chi connectivity index (χ1n) is 7.54. The van der Waals surface area contributed by atoms with Gasteiger partial charge in [-0.1, -0.05) is 38.0 Å². The SMILES string of the molecule is Cc1ccc(N(CC(=O)O)C2C(C)CCCC2C)cc1. The van der Waals surface area contributed by atoms with Gasteiger partial charge in [0.25, 0.3) is 0 Å². The number of nitrogens with zero attached hydrogens (tertiary/aromatic N) is 1. The van der Waals surface area contributed by atoms with Gasteiger partial charge < -0.3 is 10.0 Å². The molecule has 0 amide bonds. The summed E-state index contributed by atoms with van der Waals surface area (Å²) in [7, 11) is 0. The Morgan fingerprint density at radius 2 is 1.75 bits per heavy atom. The molecule has 0 aliphatic heterocycles. The fraction of sp³-hybridized carbons (Fsp3) is 0.588. The van der Waals surface area contributed by atoms with E-state index >= 15 is 0 Å². The largest absolute Gasteiger partial charge is 0.480 e. The molecule has 1 aromatic rings. The summed E-state index contributed by atoms with van der Waals surface area (Å²) in [5, 5.41) is 9.26. The summed E-state index contributed by atoms with van der Waals surface area (Å²) in [6.45, 7) is 6.65. The predicted octanol–water partition coefficient (Wildman–Crippen LogP) is 3.71. The molecule has 1 aromatic carbocycles.